The first kappa shape index (κ1) is 21.5. The predicted octanol–water partition coefficient (Wildman–Crippen LogP) is 6.53. The zero-order valence-electron chi connectivity index (χ0n) is 17.6. The van der Waals surface area contributed by atoms with Crippen molar-refractivity contribution in [1.82, 2.24) is 15.3 Å². The van der Waals surface area contributed by atoms with Gasteiger partial charge < -0.3 is 10.3 Å². The lowest BCUT2D eigenvalue weighted by Gasteiger charge is -2.07. The van der Waals surface area contributed by atoms with Crippen molar-refractivity contribution in [3.63, 3.8) is 0 Å². The molecule has 0 aromatic carbocycles. The Morgan fingerprint density at radius 2 is 1.96 bits per heavy atom. The first-order valence-electron chi connectivity index (χ1n) is 10.3. The highest BCUT2D eigenvalue weighted by atomic mass is 14.9. The summed E-state index contributed by atoms with van der Waals surface area (Å²) in [6.07, 6.45) is 23.2. The number of hydrogen-bond acceptors (Lipinski definition) is 2. The van der Waals surface area contributed by atoms with Crippen molar-refractivity contribution in [3.8, 4) is 0 Å². The van der Waals surface area contributed by atoms with Gasteiger partial charge in [-0.2, -0.15) is 0 Å². The van der Waals surface area contributed by atoms with Gasteiger partial charge in [-0.25, -0.2) is 4.98 Å². The molecular weight excluding hydrogens is 342 g/mol. The van der Waals surface area contributed by atoms with Crippen molar-refractivity contribution >= 4 is 11.0 Å². The summed E-state index contributed by atoms with van der Waals surface area (Å²) >= 11 is 0. The standard InChI is InChI=1S/C16H17N3.C7H10.C2H6/c1-12-15(14-9-6-10-17-16(14)19-12)11-18-13-7-4-2-3-5-8-13;1-7-5-3-2-4-6-7;1-2/h2-4,6-10,18H,5,11H2,1H3,(H,17,19);2-5,7H,6H2,1H3;1-2H3. The molecule has 2 heterocycles. The Bertz CT molecular complexity index is 878. The minimum absolute atomic E-state index is 0.769. The molecule has 2 aliphatic rings. The molecular formula is C25H33N3. The van der Waals surface area contributed by atoms with E-state index in [9.17, 15) is 0 Å². The minimum atomic E-state index is 0.769. The number of H-pyrrole nitrogens is 1. The molecule has 0 saturated heterocycles. The highest BCUT2D eigenvalue weighted by molar-refractivity contribution is 5.81. The fourth-order valence-electron chi connectivity index (χ4n) is 3.04. The third kappa shape index (κ3) is 6.41. The van der Waals surface area contributed by atoms with Crippen molar-refractivity contribution in [1.29, 1.82) is 0 Å². The van der Waals surface area contributed by atoms with Crippen LogP contribution in [0.5, 0.6) is 0 Å². The topological polar surface area (TPSA) is 40.7 Å². The van der Waals surface area contributed by atoms with E-state index < -0.39 is 0 Å². The van der Waals surface area contributed by atoms with Crippen LogP contribution < -0.4 is 5.32 Å². The average molecular weight is 376 g/mol. The number of fused-ring (bicyclic) bond motifs is 1. The van der Waals surface area contributed by atoms with E-state index in [0.717, 1.165) is 24.5 Å². The Kier molecular flexibility index (Phi) is 9.06. The van der Waals surface area contributed by atoms with Crippen LogP contribution in [-0.2, 0) is 6.54 Å². The van der Waals surface area contributed by atoms with Crippen molar-refractivity contribution in [3.05, 3.63) is 90.0 Å². The Hall–Kier alpha value is -2.81. The Labute approximate surface area is 169 Å². The largest absolute Gasteiger partial charge is 0.381 e. The van der Waals surface area contributed by atoms with Crippen LogP contribution in [0.1, 0.15) is 44.9 Å². The van der Waals surface area contributed by atoms with Crippen LogP contribution in [-0.4, -0.2) is 9.97 Å². The summed E-state index contributed by atoms with van der Waals surface area (Å²) in [5, 5.41) is 4.68. The molecule has 2 aromatic heterocycles. The van der Waals surface area contributed by atoms with Gasteiger partial charge in [0.2, 0.25) is 0 Å². The molecule has 0 aliphatic heterocycles. The monoisotopic (exact) mass is 375 g/mol. The molecule has 148 valence electrons. The van der Waals surface area contributed by atoms with Gasteiger partial charge in [0.25, 0.3) is 0 Å². The molecule has 0 radical (unpaired) electrons. The van der Waals surface area contributed by atoms with Crippen LogP contribution in [0.2, 0.25) is 0 Å². The summed E-state index contributed by atoms with van der Waals surface area (Å²) in [4.78, 5) is 7.68. The molecule has 2 N–H and O–H groups in total. The zero-order chi connectivity index (χ0) is 20.2. The summed E-state index contributed by atoms with van der Waals surface area (Å²) in [6.45, 7) is 9.13. The van der Waals surface area contributed by atoms with Crippen LogP contribution in [0.15, 0.2) is 78.7 Å². The first-order chi connectivity index (χ1) is 13.7. The molecule has 4 rings (SSSR count). The van der Waals surface area contributed by atoms with Gasteiger partial charge in [0.05, 0.1) is 0 Å². The number of nitrogens with one attached hydrogen (secondary N) is 2. The Morgan fingerprint density at radius 1 is 1.14 bits per heavy atom. The predicted molar refractivity (Wildman–Crippen MR) is 122 cm³/mol. The number of aromatic nitrogens is 2. The van der Waals surface area contributed by atoms with Crippen LogP contribution in [0, 0.1) is 12.8 Å². The van der Waals surface area contributed by atoms with Crippen LogP contribution in [0.3, 0.4) is 0 Å². The number of aryl methyl sites for hydroxylation is 1. The fraction of sp³-hybridized carbons (Fsp3) is 0.320. The maximum atomic E-state index is 4.35. The lowest BCUT2D eigenvalue weighted by atomic mass is 10.0. The van der Waals surface area contributed by atoms with E-state index in [1.807, 2.05) is 26.1 Å². The number of rotatable bonds is 3. The highest BCUT2D eigenvalue weighted by Crippen LogP contribution is 2.20. The molecule has 3 nitrogen and oxygen atoms in total. The maximum absolute atomic E-state index is 4.35. The van der Waals surface area contributed by atoms with Gasteiger partial charge in [-0.3, -0.25) is 0 Å². The van der Waals surface area contributed by atoms with Gasteiger partial charge in [-0.15, -0.1) is 0 Å². The molecule has 0 saturated carbocycles. The highest BCUT2D eigenvalue weighted by Gasteiger charge is 2.08. The van der Waals surface area contributed by atoms with Crippen LogP contribution in [0.4, 0.5) is 0 Å². The van der Waals surface area contributed by atoms with Gasteiger partial charge in [0.15, 0.2) is 0 Å². The quantitative estimate of drug-likeness (QED) is 0.640. The lowest BCUT2D eigenvalue weighted by Crippen LogP contribution is -2.11. The van der Waals surface area contributed by atoms with Crippen molar-refractivity contribution in [2.24, 2.45) is 5.92 Å². The summed E-state index contributed by atoms with van der Waals surface area (Å²) in [5.74, 6) is 0.769. The molecule has 0 bridgehead atoms. The smallest absolute Gasteiger partial charge is 0.137 e. The summed E-state index contributed by atoms with van der Waals surface area (Å²) < 4.78 is 0. The van der Waals surface area contributed by atoms with Crippen molar-refractivity contribution in [2.45, 2.75) is 47.1 Å². The van der Waals surface area contributed by atoms with Gasteiger partial charge in [-0.05, 0) is 43.9 Å². The normalized spacial score (nSPS) is 17.1. The summed E-state index contributed by atoms with van der Waals surface area (Å²) in [7, 11) is 0. The number of hydrogen-bond donors (Lipinski definition) is 2. The second-order valence-electron chi connectivity index (χ2n) is 6.69. The van der Waals surface area contributed by atoms with Crippen molar-refractivity contribution < 1.29 is 0 Å². The second kappa shape index (κ2) is 11.8. The minimum Gasteiger partial charge on any atom is -0.381 e. The van der Waals surface area contributed by atoms with Gasteiger partial charge in [0, 0.05) is 35.1 Å². The molecule has 1 unspecified atom stereocenters. The van der Waals surface area contributed by atoms with Crippen molar-refractivity contribution in [2.75, 3.05) is 0 Å². The van der Waals surface area contributed by atoms with Crippen LogP contribution in [0.25, 0.3) is 11.0 Å². The first-order valence-corrected chi connectivity index (χ1v) is 10.3. The summed E-state index contributed by atoms with van der Waals surface area (Å²) in [5.41, 5.74) is 4.60. The molecule has 0 amide bonds. The van der Waals surface area contributed by atoms with E-state index in [1.54, 1.807) is 0 Å². The SMILES string of the molecule is CC.CC1C=CC=CC1.Cc1[nH]c2ncccc2c1CNC1=CCC=CC=C1. The van der Waals surface area contributed by atoms with E-state index in [0.29, 0.717) is 0 Å². The fourth-order valence-corrected chi connectivity index (χ4v) is 3.04. The van der Waals surface area contributed by atoms with E-state index in [-0.39, 0.29) is 0 Å². The third-order valence-electron chi connectivity index (χ3n) is 4.55. The summed E-state index contributed by atoms with van der Waals surface area (Å²) in [6, 6.07) is 4.09. The molecule has 1 atom stereocenters. The number of aromatic amines is 1. The molecule has 2 aliphatic carbocycles. The maximum Gasteiger partial charge on any atom is 0.137 e. The zero-order valence-corrected chi connectivity index (χ0v) is 17.6. The van der Waals surface area contributed by atoms with E-state index >= 15 is 0 Å². The number of allylic oxidation sites excluding steroid dienone is 9. The third-order valence-corrected chi connectivity index (χ3v) is 4.55. The van der Waals surface area contributed by atoms with Gasteiger partial charge >= 0.3 is 0 Å². The second-order valence-corrected chi connectivity index (χ2v) is 6.69. The molecule has 3 heteroatoms. The van der Waals surface area contributed by atoms with Crippen LogP contribution >= 0.6 is 0 Å². The van der Waals surface area contributed by atoms with Gasteiger partial charge in [-0.1, -0.05) is 69.4 Å². The number of pyridine rings is 1. The number of nitrogens with zero attached hydrogens (tertiary/aromatic N) is 1. The molecule has 2 aromatic rings. The van der Waals surface area contributed by atoms with Gasteiger partial charge in [0.1, 0.15) is 5.65 Å². The average Bonchev–Trinajstić information content (AvgIpc) is 2.88. The van der Waals surface area contributed by atoms with E-state index in [4.69, 9.17) is 0 Å². The molecule has 28 heavy (non-hydrogen) atoms. The molecule has 0 fully saturated rings. The molecule has 0 spiro atoms. The Morgan fingerprint density at radius 3 is 2.68 bits per heavy atom. The Balaban J connectivity index is 0.000000261. The lowest BCUT2D eigenvalue weighted by molar-refractivity contribution is 0.737. The van der Waals surface area contributed by atoms with E-state index in [2.05, 4.69) is 89.9 Å². The van der Waals surface area contributed by atoms with E-state index in [1.165, 1.54) is 28.8 Å².